The summed E-state index contributed by atoms with van der Waals surface area (Å²) in [6.07, 6.45) is 5.53. The summed E-state index contributed by atoms with van der Waals surface area (Å²) in [5, 5.41) is 15.9. The van der Waals surface area contributed by atoms with Crippen molar-refractivity contribution in [2.75, 3.05) is 6.61 Å². The van der Waals surface area contributed by atoms with Gasteiger partial charge in [-0.3, -0.25) is 4.68 Å². The molecule has 1 aromatic heterocycles. The van der Waals surface area contributed by atoms with Gasteiger partial charge in [0, 0.05) is 5.02 Å². The van der Waals surface area contributed by atoms with Gasteiger partial charge in [0.05, 0.1) is 18.8 Å². The second kappa shape index (κ2) is 7.99. The zero-order valence-corrected chi connectivity index (χ0v) is 15.3. The molecule has 132 valence electrons. The van der Waals surface area contributed by atoms with E-state index < -0.39 is 5.60 Å². The third-order valence-electron chi connectivity index (χ3n) is 4.34. The highest BCUT2D eigenvalue weighted by Crippen LogP contribution is 2.36. The van der Waals surface area contributed by atoms with Crippen LogP contribution in [0.2, 0.25) is 5.02 Å². The molecular formula is C18H26ClN3O2. The van der Waals surface area contributed by atoms with Crippen LogP contribution in [0, 0.1) is 5.41 Å². The molecule has 0 aliphatic rings. The normalized spacial score (nSPS) is 14.4. The number of nitrogens with zero attached hydrogens (tertiary/aromatic N) is 3. The Morgan fingerprint density at radius 2 is 2.04 bits per heavy atom. The van der Waals surface area contributed by atoms with Crippen molar-refractivity contribution in [1.82, 2.24) is 14.8 Å². The molecule has 0 spiro atoms. The summed E-state index contributed by atoms with van der Waals surface area (Å²) in [5.41, 5.74) is -1.11. The number of aromatic nitrogens is 3. The standard InChI is InChI=1S/C18H26ClN3O2/c1-17(2,3)18(23,12-22-14-20-13-21-22)9-4-5-10-24-16-8-6-7-15(19)11-16/h6-8,11,13-14,23H,4-5,9-10,12H2,1-3H3. The van der Waals surface area contributed by atoms with Crippen molar-refractivity contribution in [1.29, 1.82) is 0 Å². The van der Waals surface area contributed by atoms with Crippen LogP contribution >= 0.6 is 11.6 Å². The summed E-state index contributed by atoms with van der Waals surface area (Å²) in [4.78, 5) is 3.95. The molecule has 1 atom stereocenters. The second-order valence-corrected chi connectivity index (χ2v) is 7.57. The van der Waals surface area contributed by atoms with Gasteiger partial charge in [0.2, 0.25) is 0 Å². The predicted molar refractivity (Wildman–Crippen MR) is 95.2 cm³/mol. The van der Waals surface area contributed by atoms with Crippen molar-refractivity contribution in [3.8, 4) is 5.75 Å². The molecule has 0 radical (unpaired) electrons. The van der Waals surface area contributed by atoms with E-state index in [1.165, 1.54) is 6.33 Å². The van der Waals surface area contributed by atoms with Crippen LogP contribution in [0.5, 0.6) is 5.75 Å². The third kappa shape index (κ3) is 5.21. The zero-order valence-electron chi connectivity index (χ0n) is 14.6. The number of halogens is 1. The van der Waals surface area contributed by atoms with Gasteiger partial charge in [-0.15, -0.1) is 0 Å². The van der Waals surface area contributed by atoms with Crippen molar-refractivity contribution in [3.05, 3.63) is 41.9 Å². The summed E-state index contributed by atoms with van der Waals surface area (Å²) in [6, 6.07) is 7.38. The average molecular weight is 352 g/mol. The Balaban J connectivity index is 1.82. The maximum atomic E-state index is 11.1. The van der Waals surface area contributed by atoms with Crippen LogP contribution in [-0.4, -0.2) is 32.1 Å². The Labute approximate surface area is 148 Å². The van der Waals surface area contributed by atoms with Crippen molar-refractivity contribution < 1.29 is 9.84 Å². The summed E-state index contributed by atoms with van der Waals surface area (Å²) in [5.74, 6) is 0.774. The lowest BCUT2D eigenvalue weighted by Crippen LogP contribution is -2.46. The van der Waals surface area contributed by atoms with Crippen LogP contribution in [0.1, 0.15) is 40.0 Å². The lowest BCUT2D eigenvalue weighted by molar-refractivity contribution is -0.0817. The Morgan fingerprint density at radius 3 is 2.67 bits per heavy atom. The van der Waals surface area contributed by atoms with Crippen LogP contribution in [0.3, 0.4) is 0 Å². The van der Waals surface area contributed by atoms with Gasteiger partial charge in [-0.25, -0.2) is 4.98 Å². The van der Waals surface area contributed by atoms with Crippen molar-refractivity contribution in [2.24, 2.45) is 5.41 Å². The van der Waals surface area contributed by atoms with Gasteiger partial charge in [-0.05, 0) is 42.9 Å². The first-order chi connectivity index (χ1) is 11.3. The number of ether oxygens (including phenoxy) is 1. The SMILES string of the molecule is CC(C)(C)C(O)(CCCCOc1cccc(Cl)c1)Cn1cncn1. The average Bonchev–Trinajstić information content (AvgIpc) is 2.98. The first-order valence-electron chi connectivity index (χ1n) is 8.23. The molecule has 0 bridgehead atoms. The highest BCUT2D eigenvalue weighted by Gasteiger charge is 2.40. The van der Waals surface area contributed by atoms with Gasteiger partial charge in [0.25, 0.3) is 0 Å². The molecule has 0 amide bonds. The first kappa shape index (κ1) is 18.7. The minimum atomic E-state index is -0.850. The molecule has 0 saturated carbocycles. The van der Waals surface area contributed by atoms with Gasteiger partial charge < -0.3 is 9.84 Å². The highest BCUT2D eigenvalue weighted by molar-refractivity contribution is 6.30. The van der Waals surface area contributed by atoms with E-state index in [0.29, 0.717) is 24.6 Å². The third-order valence-corrected chi connectivity index (χ3v) is 4.57. The Kier molecular flexibility index (Phi) is 6.24. The van der Waals surface area contributed by atoms with Crippen molar-refractivity contribution in [2.45, 2.75) is 52.2 Å². The maximum Gasteiger partial charge on any atom is 0.137 e. The molecule has 1 N–H and O–H groups in total. The van der Waals surface area contributed by atoms with Crippen molar-refractivity contribution >= 4 is 11.6 Å². The molecule has 0 saturated heterocycles. The molecule has 0 aliphatic carbocycles. The minimum absolute atomic E-state index is 0.257. The number of aliphatic hydroxyl groups is 1. The first-order valence-corrected chi connectivity index (χ1v) is 8.61. The smallest absolute Gasteiger partial charge is 0.137 e. The number of hydrogen-bond acceptors (Lipinski definition) is 4. The van der Waals surface area contributed by atoms with Crippen molar-refractivity contribution in [3.63, 3.8) is 0 Å². The highest BCUT2D eigenvalue weighted by atomic mass is 35.5. The number of rotatable bonds is 8. The van der Waals surface area contributed by atoms with Gasteiger partial charge in [0.1, 0.15) is 18.4 Å². The van der Waals surface area contributed by atoms with Gasteiger partial charge in [-0.2, -0.15) is 5.10 Å². The van der Waals surface area contributed by atoms with Gasteiger partial charge in [0.15, 0.2) is 0 Å². The van der Waals surface area contributed by atoms with E-state index in [0.717, 1.165) is 18.6 Å². The molecule has 0 aliphatic heterocycles. The summed E-state index contributed by atoms with van der Waals surface area (Å²) in [6.45, 7) is 7.18. The van der Waals surface area contributed by atoms with E-state index in [4.69, 9.17) is 16.3 Å². The van der Waals surface area contributed by atoms with Crippen LogP contribution < -0.4 is 4.74 Å². The molecular weight excluding hydrogens is 326 g/mol. The molecule has 5 nitrogen and oxygen atoms in total. The molecule has 2 aromatic rings. The fourth-order valence-corrected chi connectivity index (χ4v) is 2.72. The fourth-order valence-electron chi connectivity index (χ4n) is 2.54. The van der Waals surface area contributed by atoms with Crippen LogP contribution in [0.15, 0.2) is 36.9 Å². The molecule has 2 rings (SSSR count). The summed E-state index contributed by atoms with van der Waals surface area (Å²) in [7, 11) is 0. The Hall–Kier alpha value is -1.59. The van der Waals surface area contributed by atoms with Gasteiger partial charge >= 0.3 is 0 Å². The van der Waals surface area contributed by atoms with Crippen LogP contribution in [0.25, 0.3) is 0 Å². The zero-order chi connectivity index (χ0) is 17.6. The second-order valence-electron chi connectivity index (χ2n) is 7.14. The Morgan fingerprint density at radius 1 is 1.25 bits per heavy atom. The molecule has 1 aromatic carbocycles. The van der Waals surface area contributed by atoms with E-state index in [1.54, 1.807) is 17.1 Å². The van der Waals surface area contributed by atoms with E-state index in [2.05, 4.69) is 10.1 Å². The lowest BCUT2D eigenvalue weighted by atomic mass is 9.73. The van der Waals surface area contributed by atoms with E-state index in [1.807, 2.05) is 39.0 Å². The fraction of sp³-hybridized carbons (Fsp3) is 0.556. The van der Waals surface area contributed by atoms with E-state index in [9.17, 15) is 5.11 Å². The molecule has 0 fully saturated rings. The van der Waals surface area contributed by atoms with Crippen LogP contribution in [0.4, 0.5) is 0 Å². The molecule has 6 heteroatoms. The molecule has 1 unspecified atom stereocenters. The number of benzene rings is 1. The Bertz CT molecular complexity index is 625. The number of hydrogen-bond donors (Lipinski definition) is 1. The number of unbranched alkanes of at least 4 members (excludes halogenated alkanes) is 1. The predicted octanol–water partition coefficient (Wildman–Crippen LogP) is 3.96. The monoisotopic (exact) mass is 351 g/mol. The minimum Gasteiger partial charge on any atom is -0.494 e. The van der Waals surface area contributed by atoms with E-state index in [-0.39, 0.29) is 5.41 Å². The summed E-state index contributed by atoms with van der Waals surface area (Å²) < 4.78 is 7.39. The lowest BCUT2D eigenvalue weighted by Gasteiger charge is -2.40. The van der Waals surface area contributed by atoms with E-state index >= 15 is 0 Å². The molecule has 24 heavy (non-hydrogen) atoms. The quantitative estimate of drug-likeness (QED) is 0.731. The largest absolute Gasteiger partial charge is 0.494 e. The molecule has 1 heterocycles. The maximum absolute atomic E-state index is 11.1. The van der Waals surface area contributed by atoms with Crippen LogP contribution in [-0.2, 0) is 6.54 Å². The topological polar surface area (TPSA) is 60.2 Å². The summed E-state index contributed by atoms with van der Waals surface area (Å²) >= 11 is 5.94. The van der Waals surface area contributed by atoms with Gasteiger partial charge in [-0.1, -0.05) is 38.4 Å².